The molecule has 5 nitrogen and oxygen atoms in total. The highest BCUT2D eigenvalue weighted by molar-refractivity contribution is 7.95. The Hall–Kier alpha value is -3.38. The van der Waals surface area contributed by atoms with E-state index in [4.69, 9.17) is 0 Å². The molecule has 146 valence electrons. The SMILES string of the molecule is Cc1ccc(/C=C/S(=O)(=O)Nc2cc(-c3cn4ccccc4n3)ccc2C)cc1. The average Bonchev–Trinajstić information content (AvgIpc) is 3.13. The lowest BCUT2D eigenvalue weighted by Crippen LogP contribution is -2.10. The highest BCUT2D eigenvalue weighted by Gasteiger charge is 2.11. The molecule has 29 heavy (non-hydrogen) atoms. The van der Waals surface area contributed by atoms with Crippen LogP contribution in [0.1, 0.15) is 16.7 Å². The van der Waals surface area contributed by atoms with Gasteiger partial charge in [0.05, 0.1) is 16.8 Å². The van der Waals surface area contributed by atoms with Crippen molar-refractivity contribution >= 4 is 27.4 Å². The Morgan fingerprint density at radius 1 is 1.00 bits per heavy atom. The number of fused-ring (bicyclic) bond motifs is 1. The lowest BCUT2D eigenvalue weighted by atomic mass is 10.1. The van der Waals surface area contributed by atoms with Gasteiger partial charge in [0, 0.05) is 18.0 Å². The molecule has 2 aromatic heterocycles. The normalized spacial score (nSPS) is 11.9. The van der Waals surface area contributed by atoms with E-state index in [2.05, 4.69) is 9.71 Å². The monoisotopic (exact) mass is 403 g/mol. The average molecular weight is 404 g/mol. The van der Waals surface area contributed by atoms with Gasteiger partial charge in [-0.1, -0.05) is 48.0 Å². The molecule has 0 aliphatic rings. The fraction of sp³-hybridized carbons (Fsp3) is 0.0870. The first-order valence-electron chi connectivity index (χ1n) is 9.22. The molecular weight excluding hydrogens is 382 g/mol. The van der Waals surface area contributed by atoms with Crippen LogP contribution < -0.4 is 4.72 Å². The van der Waals surface area contributed by atoms with Crippen LogP contribution in [-0.2, 0) is 10.0 Å². The summed E-state index contributed by atoms with van der Waals surface area (Å²) < 4.78 is 29.7. The van der Waals surface area contributed by atoms with Crippen molar-refractivity contribution in [3.63, 3.8) is 0 Å². The lowest BCUT2D eigenvalue weighted by molar-refractivity contribution is 0.609. The molecule has 4 aromatic rings. The summed E-state index contributed by atoms with van der Waals surface area (Å²) in [4.78, 5) is 4.61. The second-order valence-electron chi connectivity index (χ2n) is 6.98. The van der Waals surface area contributed by atoms with Crippen molar-refractivity contribution in [2.75, 3.05) is 4.72 Å². The van der Waals surface area contributed by atoms with Gasteiger partial charge in [0.15, 0.2) is 0 Å². The molecule has 0 saturated heterocycles. The summed E-state index contributed by atoms with van der Waals surface area (Å²) in [5.41, 5.74) is 5.80. The van der Waals surface area contributed by atoms with Crippen LogP contribution in [0, 0.1) is 13.8 Å². The predicted molar refractivity (Wildman–Crippen MR) is 118 cm³/mol. The number of aromatic nitrogens is 2. The van der Waals surface area contributed by atoms with E-state index in [-0.39, 0.29) is 0 Å². The number of nitrogens with zero attached hydrogens (tertiary/aromatic N) is 2. The number of rotatable bonds is 5. The summed E-state index contributed by atoms with van der Waals surface area (Å²) >= 11 is 0. The second-order valence-corrected chi connectivity index (χ2v) is 8.55. The maximum Gasteiger partial charge on any atom is 0.255 e. The molecule has 6 heteroatoms. The fourth-order valence-electron chi connectivity index (χ4n) is 3.00. The third-order valence-corrected chi connectivity index (χ3v) is 5.67. The summed E-state index contributed by atoms with van der Waals surface area (Å²) in [6, 6.07) is 19.1. The van der Waals surface area contributed by atoms with E-state index in [1.54, 1.807) is 6.08 Å². The summed E-state index contributed by atoms with van der Waals surface area (Å²) in [5, 5.41) is 1.19. The van der Waals surface area contributed by atoms with Gasteiger partial charge in [-0.15, -0.1) is 0 Å². The van der Waals surface area contributed by atoms with Crippen LogP contribution >= 0.6 is 0 Å². The maximum atomic E-state index is 12.6. The van der Waals surface area contributed by atoms with Gasteiger partial charge in [0.25, 0.3) is 10.0 Å². The number of imidazole rings is 1. The van der Waals surface area contributed by atoms with Crippen LogP contribution in [0.25, 0.3) is 23.0 Å². The summed E-state index contributed by atoms with van der Waals surface area (Å²) in [6.07, 6.45) is 5.44. The van der Waals surface area contributed by atoms with Crippen molar-refractivity contribution < 1.29 is 8.42 Å². The number of hydrogen-bond acceptors (Lipinski definition) is 3. The van der Waals surface area contributed by atoms with Crippen molar-refractivity contribution in [2.24, 2.45) is 0 Å². The molecule has 1 N–H and O–H groups in total. The van der Waals surface area contributed by atoms with Crippen molar-refractivity contribution in [1.29, 1.82) is 0 Å². The summed E-state index contributed by atoms with van der Waals surface area (Å²) in [7, 11) is -3.65. The first-order chi connectivity index (χ1) is 13.9. The molecule has 0 aliphatic heterocycles. The van der Waals surface area contributed by atoms with Crippen LogP contribution in [0.5, 0.6) is 0 Å². The van der Waals surface area contributed by atoms with E-state index < -0.39 is 10.0 Å². The third kappa shape index (κ3) is 4.38. The van der Waals surface area contributed by atoms with Crippen molar-refractivity contribution in [1.82, 2.24) is 9.38 Å². The number of aryl methyl sites for hydroxylation is 2. The number of sulfonamides is 1. The van der Waals surface area contributed by atoms with Crippen LogP contribution in [0.3, 0.4) is 0 Å². The van der Waals surface area contributed by atoms with E-state index in [0.717, 1.165) is 33.6 Å². The van der Waals surface area contributed by atoms with Gasteiger partial charge in [0.2, 0.25) is 0 Å². The quantitative estimate of drug-likeness (QED) is 0.508. The largest absolute Gasteiger partial charge is 0.306 e. The van der Waals surface area contributed by atoms with E-state index in [1.165, 1.54) is 5.41 Å². The van der Waals surface area contributed by atoms with Crippen molar-refractivity contribution in [3.05, 3.63) is 95.2 Å². The molecule has 2 aromatic carbocycles. The van der Waals surface area contributed by atoms with E-state index in [9.17, 15) is 8.42 Å². The summed E-state index contributed by atoms with van der Waals surface area (Å²) in [5.74, 6) is 0. The van der Waals surface area contributed by atoms with Gasteiger partial charge in [0.1, 0.15) is 5.65 Å². The molecule has 0 aliphatic carbocycles. The highest BCUT2D eigenvalue weighted by atomic mass is 32.2. The van der Waals surface area contributed by atoms with Gasteiger partial charge < -0.3 is 4.40 Å². The van der Waals surface area contributed by atoms with Crippen molar-refractivity contribution in [2.45, 2.75) is 13.8 Å². The molecule has 0 bridgehead atoms. The predicted octanol–water partition coefficient (Wildman–Crippen LogP) is 5.03. The molecule has 2 heterocycles. The zero-order chi connectivity index (χ0) is 20.4. The van der Waals surface area contributed by atoms with Crippen LogP contribution in [0.15, 0.2) is 78.5 Å². The molecule has 4 rings (SSSR count). The molecule has 0 atom stereocenters. The minimum atomic E-state index is -3.65. The third-order valence-electron chi connectivity index (χ3n) is 4.67. The topological polar surface area (TPSA) is 63.5 Å². The van der Waals surface area contributed by atoms with Crippen LogP contribution in [0.4, 0.5) is 5.69 Å². The Balaban J connectivity index is 1.61. The smallest absolute Gasteiger partial charge is 0.255 e. The number of hydrogen-bond donors (Lipinski definition) is 1. The minimum Gasteiger partial charge on any atom is -0.306 e. The lowest BCUT2D eigenvalue weighted by Gasteiger charge is -2.09. The molecule has 0 amide bonds. The molecule has 0 saturated carbocycles. The second kappa shape index (κ2) is 7.56. The minimum absolute atomic E-state index is 0.535. The molecule has 0 fully saturated rings. The van der Waals surface area contributed by atoms with Crippen LogP contribution in [-0.4, -0.2) is 17.8 Å². The van der Waals surface area contributed by atoms with Gasteiger partial charge in [-0.25, -0.2) is 13.4 Å². The molecule has 0 radical (unpaired) electrons. The zero-order valence-electron chi connectivity index (χ0n) is 16.2. The molecular formula is C23H21N3O2S. The van der Waals surface area contributed by atoms with E-state index >= 15 is 0 Å². The number of nitrogens with one attached hydrogen (secondary N) is 1. The van der Waals surface area contributed by atoms with E-state index in [0.29, 0.717) is 5.69 Å². The number of pyridine rings is 1. The summed E-state index contributed by atoms with van der Waals surface area (Å²) in [6.45, 7) is 3.86. The number of anilines is 1. The standard InChI is InChI=1S/C23H21N3O2S/c1-17-6-9-19(10-7-17)12-14-29(27,28)25-21-15-20(11-8-18(21)2)22-16-26-13-4-3-5-23(26)24-22/h3-16,25H,1-2H3/b14-12+. The Morgan fingerprint density at radius 3 is 2.55 bits per heavy atom. The molecule has 0 spiro atoms. The number of benzene rings is 2. The van der Waals surface area contributed by atoms with Crippen molar-refractivity contribution in [3.8, 4) is 11.3 Å². The zero-order valence-corrected chi connectivity index (χ0v) is 17.0. The van der Waals surface area contributed by atoms with Gasteiger partial charge in [-0.05, 0) is 49.2 Å². The Kier molecular flexibility index (Phi) is 4.94. The van der Waals surface area contributed by atoms with Gasteiger partial charge >= 0.3 is 0 Å². The first kappa shape index (κ1) is 19.0. The Labute approximate surface area is 170 Å². The van der Waals surface area contributed by atoms with E-state index in [1.807, 2.05) is 91.3 Å². The van der Waals surface area contributed by atoms with Gasteiger partial charge in [-0.2, -0.15) is 0 Å². The fourth-order valence-corrected chi connectivity index (χ4v) is 3.93. The van der Waals surface area contributed by atoms with Gasteiger partial charge in [-0.3, -0.25) is 4.72 Å². The molecule has 0 unspecified atom stereocenters. The Morgan fingerprint density at radius 2 is 1.79 bits per heavy atom. The van der Waals surface area contributed by atoms with Crippen LogP contribution in [0.2, 0.25) is 0 Å². The Bertz CT molecular complexity index is 1270. The maximum absolute atomic E-state index is 12.6. The first-order valence-corrected chi connectivity index (χ1v) is 10.8. The highest BCUT2D eigenvalue weighted by Crippen LogP contribution is 2.26.